The Kier molecular flexibility index (Phi) is 15.2. The average Bonchev–Trinajstić information content (AvgIpc) is 3.46. The summed E-state index contributed by atoms with van der Waals surface area (Å²) in [6, 6.07) is 0. The molecule has 0 aliphatic carbocycles. The van der Waals surface area contributed by atoms with Gasteiger partial charge in [0.15, 0.2) is 5.75 Å². The highest BCUT2D eigenvalue weighted by Gasteiger charge is 2.50. The van der Waals surface area contributed by atoms with E-state index in [1.807, 2.05) is 13.8 Å². The molecule has 3 heterocycles. The number of allylic oxidation sites excluding steroid dienone is 2. The molecule has 3 aliphatic heterocycles. The number of nitrogens with zero attached hydrogens (tertiary/aromatic N) is 2. The maximum Gasteiger partial charge on any atom is 0.312 e. The number of rotatable bonds is 8. The van der Waals surface area contributed by atoms with E-state index in [2.05, 4.69) is 10.4 Å². The van der Waals surface area contributed by atoms with Crippen molar-refractivity contribution in [2.75, 3.05) is 25.5 Å². The predicted molar refractivity (Wildman–Crippen MR) is 224 cm³/mol. The summed E-state index contributed by atoms with van der Waals surface area (Å²) in [6.45, 7) is 17.6. The van der Waals surface area contributed by atoms with Gasteiger partial charge in [-0.25, -0.2) is 0 Å². The zero-order valence-electron chi connectivity index (χ0n) is 35.9. The Morgan fingerprint density at radius 3 is 2.19 bits per heavy atom. The number of ketones is 1. The summed E-state index contributed by atoms with van der Waals surface area (Å²) < 4.78 is 23.6. The van der Waals surface area contributed by atoms with Gasteiger partial charge in [0.1, 0.15) is 23.4 Å². The number of aromatic hydroxyl groups is 3. The Bertz CT molecular complexity index is 2020. The minimum atomic E-state index is -2.04. The molecule has 3 aliphatic rings. The van der Waals surface area contributed by atoms with Gasteiger partial charge >= 0.3 is 11.8 Å². The molecule has 0 fully saturated rings. The summed E-state index contributed by atoms with van der Waals surface area (Å²) in [5.74, 6) is -8.35. The third kappa shape index (κ3) is 9.53. The van der Waals surface area contributed by atoms with Crippen LogP contribution in [-0.2, 0) is 23.8 Å². The van der Waals surface area contributed by atoms with Crippen molar-refractivity contribution in [3.05, 3.63) is 52.8 Å². The lowest BCUT2D eigenvalue weighted by Gasteiger charge is -2.38. The number of benzene rings is 2. The van der Waals surface area contributed by atoms with Crippen molar-refractivity contribution in [3.8, 4) is 23.0 Å². The van der Waals surface area contributed by atoms with Crippen molar-refractivity contribution in [1.82, 2.24) is 5.01 Å². The number of phenols is 3. The molecule has 59 heavy (non-hydrogen) atoms. The Morgan fingerprint density at radius 1 is 0.949 bits per heavy atom. The number of hydrogen-bond acceptors (Lipinski definition) is 14. The van der Waals surface area contributed by atoms with Crippen LogP contribution in [-0.4, -0.2) is 105 Å². The first-order valence-electron chi connectivity index (χ1n) is 20.1. The number of carbonyl (C=O) groups excluding carboxylic acids is 3. The molecular weight excluding hydrogens is 762 g/mol. The lowest BCUT2D eigenvalue weighted by molar-refractivity contribution is -0.160. The van der Waals surface area contributed by atoms with Gasteiger partial charge in [-0.3, -0.25) is 19.4 Å². The van der Waals surface area contributed by atoms with Gasteiger partial charge in [-0.2, -0.15) is 5.10 Å². The van der Waals surface area contributed by atoms with Crippen molar-refractivity contribution < 1.29 is 58.9 Å². The van der Waals surface area contributed by atoms with Crippen LogP contribution in [0.15, 0.2) is 41.2 Å². The van der Waals surface area contributed by atoms with E-state index in [0.29, 0.717) is 13.1 Å². The number of esters is 1. The SMILES string of the molecule is CCCN(CCC)N=Cc1c2c(O)c3c(O)c(C)c4c(c3c1O)C(=O)[C@@](C)(OC=C[C@H](OC)[C@H](C)[C@H](OC(C)=O)[C@H](C)[C@H](O)[C@H](C)[C@@H](O)[C@H](C)C=CC=C(C)C(=O)N2)O4. The van der Waals surface area contributed by atoms with Crippen molar-refractivity contribution in [1.29, 1.82) is 0 Å². The van der Waals surface area contributed by atoms with Crippen LogP contribution in [0.4, 0.5) is 5.69 Å². The van der Waals surface area contributed by atoms with E-state index in [0.717, 1.165) is 12.8 Å². The van der Waals surface area contributed by atoms with Gasteiger partial charge in [-0.05, 0) is 32.8 Å². The van der Waals surface area contributed by atoms with E-state index in [9.17, 15) is 39.9 Å². The summed E-state index contributed by atoms with van der Waals surface area (Å²) in [6.07, 6.45) is 6.38. The molecule has 5 bridgehead atoms. The first kappa shape index (κ1) is 46.6. The molecule has 0 aromatic heterocycles. The van der Waals surface area contributed by atoms with Gasteiger partial charge in [0.2, 0.25) is 0 Å². The summed E-state index contributed by atoms with van der Waals surface area (Å²) in [5, 5.41) is 66.9. The number of anilines is 1. The van der Waals surface area contributed by atoms with Crippen LogP contribution >= 0.6 is 0 Å². The number of aliphatic hydroxyl groups excluding tert-OH is 2. The number of methoxy groups -OCH3 is 1. The van der Waals surface area contributed by atoms with Crippen LogP contribution in [0, 0.1) is 30.6 Å². The molecular formula is C44H61N3O12. The second kappa shape index (κ2) is 19.3. The molecule has 0 saturated carbocycles. The highest BCUT2D eigenvalue weighted by atomic mass is 16.7. The summed E-state index contributed by atoms with van der Waals surface area (Å²) >= 11 is 0. The topological polar surface area (TPSA) is 217 Å². The van der Waals surface area contributed by atoms with E-state index in [1.165, 1.54) is 59.4 Å². The van der Waals surface area contributed by atoms with Crippen molar-refractivity contribution in [2.45, 2.75) is 112 Å². The number of phenolic OH excluding ortho intramolecular Hbond substituents is 3. The monoisotopic (exact) mass is 823 g/mol. The van der Waals surface area contributed by atoms with Gasteiger partial charge in [0, 0.05) is 74.2 Å². The van der Waals surface area contributed by atoms with E-state index >= 15 is 0 Å². The Hall–Kier alpha value is -5.12. The molecule has 9 atom stereocenters. The van der Waals surface area contributed by atoms with Gasteiger partial charge in [-0.15, -0.1) is 0 Å². The van der Waals surface area contributed by atoms with Crippen LogP contribution in [0.25, 0.3) is 10.8 Å². The first-order valence-corrected chi connectivity index (χ1v) is 20.1. The number of ether oxygens (including phenoxy) is 4. The third-order valence-corrected chi connectivity index (χ3v) is 11.3. The van der Waals surface area contributed by atoms with Gasteiger partial charge in [-0.1, -0.05) is 59.8 Å². The number of hydrogen-bond donors (Lipinski definition) is 6. The quantitative estimate of drug-likeness (QED) is 0.0575. The van der Waals surface area contributed by atoms with Gasteiger partial charge in [0.05, 0.1) is 53.0 Å². The summed E-state index contributed by atoms with van der Waals surface area (Å²) in [5.41, 5.74) is -0.354. The minimum Gasteiger partial charge on any atom is -0.507 e. The Balaban J connectivity index is 2.00. The van der Waals surface area contributed by atoms with E-state index < -0.39 is 88.8 Å². The molecule has 2 aromatic rings. The van der Waals surface area contributed by atoms with Crippen LogP contribution in [0.3, 0.4) is 0 Å². The molecule has 15 nitrogen and oxygen atoms in total. The molecule has 15 heteroatoms. The highest BCUT2D eigenvalue weighted by Crippen LogP contribution is 2.55. The number of hydrazone groups is 1. The highest BCUT2D eigenvalue weighted by molar-refractivity contribution is 6.23. The average molecular weight is 824 g/mol. The second-order valence-corrected chi connectivity index (χ2v) is 15.8. The molecule has 2 aromatic carbocycles. The number of aliphatic hydroxyl groups is 2. The summed E-state index contributed by atoms with van der Waals surface area (Å²) in [4.78, 5) is 40.5. The Labute approximate surface area is 346 Å². The van der Waals surface area contributed by atoms with Gasteiger partial charge in [0.25, 0.3) is 11.7 Å². The van der Waals surface area contributed by atoms with E-state index in [4.69, 9.17) is 18.9 Å². The smallest absolute Gasteiger partial charge is 0.312 e. The Morgan fingerprint density at radius 2 is 1.59 bits per heavy atom. The van der Waals surface area contributed by atoms with Crippen molar-refractivity contribution in [3.63, 3.8) is 0 Å². The largest absolute Gasteiger partial charge is 0.507 e. The fraction of sp³-hybridized carbons (Fsp3) is 0.545. The molecule has 0 saturated heterocycles. The van der Waals surface area contributed by atoms with Crippen molar-refractivity contribution in [2.24, 2.45) is 28.8 Å². The number of carbonyl (C=O) groups is 3. The van der Waals surface area contributed by atoms with E-state index in [-0.39, 0.29) is 44.5 Å². The fourth-order valence-electron chi connectivity index (χ4n) is 7.76. The molecule has 0 spiro atoms. The first-order chi connectivity index (χ1) is 27.8. The third-order valence-electron chi connectivity index (χ3n) is 11.3. The molecule has 6 N–H and O–H groups in total. The molecule has 324 valence electrons. The minimum absolute atomic E-state index is 0.0556. The van der Waals surface area contributed by atoms with Crippen LogP contribution < -0.4 is 10.1 Å². The zero-order chi connectivity index (χ0) is 44.1. The molecule has 0 unspecified atom stereocenters. The molecule has 0 radical (unpaired) electrons. The van der Waals surface area contributed by atoms with Crippen molar-refractivity contribution >= 4 is 40.3 Å². The number of Topliss-reactive ketones (excluding diaryl/α,β-unsaturated/α-hetero) is 1. The second-order valence-electron chi connectivity index (χ2n) is 15.8. The van der Waals surface area contributed by atoms with Gasteiger partial charge < -0.3 is 49.8 Å². The lowest BCUT2D eigenvalue weighted by atomic mass is 9.78. The lowest BCUT2D eigenvalue weighted by Crippen LogP contribution is -2.46. The number of amides is 1. The van der Waals surface area contributed by atoms with Crippen LogP contribution in [0.1, 0.15) is 96.6 Å². The molecule has 5 rings (SSSR count). The number of nitrogens with one attached hydrogen (secondary N) is 1. The van der Waals surface area contributed by atoms with Crippen LogP contribution in [0.5, 0.6) is 23.0 Å². The van der Waals surface area contributed by atoms with Crippen LogP contribution in [0.2, 0.25) is 0 Å². The zero-order valence-corrected chi connectivity index (χ0v) is 35.9. The fourth-order valence-corrected chi connectivity index (χ4v) is 7.76. The van der Waals surface area contributed by atoms with E-state index in [1.54, 1.807) is 44.9 Å². The standard InChI is InChI=1S/C44H61N3O12/c1-12-18-47(19-13-2)45-21-29-34-39(53)32-31(38(29)52)33-41(27(8)37(32)51)59-44(10,42(33)54)57-20-17-30(56-11)24(5)40(58-28(9)48)26(7)36(50)25(6)35(49)22(3)15-14-16-23(4)43(55)46-34/h14-17,20-22,24-26,30,35-36,40,49-53H,12-13,18-19H2,1-11H3,(H,46,55)/t22-,24+,25-,26-,30+,35+,36-,40+,44+/m1/s1. The maximum atomic E-state index is 14.4. The number of fused-ring (bicyclic) bond motifs is 14. The molecule has 1 amide bonds. The maximum absolute atomic E-state index is 14.4. The normalized spacial score (nSPS) is 28.1. The predicted octanol–water partition coefficient (Wildman–Crippen LogP) is 6.21. The summed E-state index contributed by atoms with van der Waals surface area (Å²) in [7, 11) is 1.44.